The molecule has 1 heterocycles. The molecule has 0 unspecified atom stereocenters. The highest BCUT2D eigenvalue weighted by Gasteiger charge is 2.20. The lowest BCUT2D eigenvalue weighted by Gasteiger charge is -1.94. The standard InChI is InChI=1S/C7H7F2NOS/c1-3(11)6-5(7(8)9)10-4(2)12-6/h7H,1-2H3. The fourth-order valence-electron chi connectivity index (χ4n) is 0.843. The van der Waals surface area contributed by atoms with Crippen LogP contribution in [0.2, 0.25) is 0 Å². The van der Waals surface area contributed by atoms with E-state index in [0.717, 1.165) is 11.3 Å². The molecule has 5 heteroatoms. The number of thiazole rings is 1. The Kier molecular flexibility index (Phi) is 2.52. The number of hydrogen-bond acceptors (Lipinski definition) is 3. The van der Waals surface area contributed by atoms with Gasteiger partial charge < -0.3 is 0 Å². The van der Waals surface area contributed by atoms with Gasteiger partial charge in [0.05, 0.1) is 9.88 Å². The van der Waals surface area contributed by atoms with Gasteiger partial charge in [0, 0.05) is 6.92 Å². The third kappa shape index (κ3) is 1.66. The van der Waals surface area contributed by atoms with Gasteiger partial charge in [-0.3, -0.25) is 4.79 Å². The van der Waals surface area contributed by atoms with Crippen LogP contribution in [0.5, 0.6) is 0 Å². The number of aromatic nitrogens is 1. The molecule has 0 saturated carbocycles. The Hall–Kier alpha value is -0.840. The van der Waals surface area contributed by atoms with Crippen LogP contribution in [-0.4, -0.2) is 10.8 Å². The van der Waals surface area contributed by atoms with E-state index in [2.05, 4.69) is 4.98 Å². The quantitative estimate of drug-likeness (QED) is 0.672. The fraction of sp³-hybridized carbons (Fsp3) is 0.429. The molecule has 12 heavy (non-hydrogen) atoms. The maximum Gasteiger partial charge on any atom is 0.281 e. The summed E-state index contributed by atoms with van der Waals surface area (Å²) in [6.07, 6.45) is -2.66. The monoisotopic (exact) mass is 191 g/mol. The van der Waals surface area contributed by atoms with Crippen molar-refractivity contribution in [2.45, 2.75) is 20.3 Å². The van der Waals surface area contributed by atoms with Gasteiger partial charge in [-0.1, -0.05) is 0 Å². The maximum absolute atomic E-state index is 12.2. The number of nitrogens with zero attached hydrogens (tertiary/aromatic N) is 1. The Bertz CT molecular complexity index is 308. The van der Waals surface area contributed by atoms with Gasteiger partial charge in [-0.15, -0.1) is 11.3 Å². The molecule has 66 valence electrons. The predicted octanol–water partition coefficient (Wildman–Crippen LogP) is 2.59. The Morgan fingerprint density at radius 2 is 2.17 bits per heavy atom. The van der Waals surface area contributed by atoms with Crippen LogP contribution in [0.1, 0.15) is 33.7 Å². The topological polar surface area (TPSA) is 30.0 Å². The van der Waals surface area contributed by atoms with E-state index in [9.17, 15) is 13.6 Å². The van der Waals surface area contributed by atoms with Crippen molar-refractivity contribution >= 4 is 17.1 Å². The van der Waals surface area contributed by atoms with E-state index in [-0.39, 0.29) is 16.4 Å². The van der Waals surface area contributed by atoms with Crippen LogP contribution in [-0.2, 0) is 0 Å². The van der Waals surface area contributed by atoms with Gasteiger partial charge in [0.1, 0.15) is 5.69 Å². The number of carbonyl (C=O) groups excluding carboxylic acids is 1. The van der Waals surface area contributed by atoms with E-state index in [1.807, 2.05) is 0 Å². The molecule has 0 spiro atoms. The van der Waals surface area contributed by atoms with E-state index < -0.39 is 6.43 Å². The minimum absolute atomic E-state index is 0.0718. The second-order valence-electron chi connectivity index (χ2n) is 2.30. The third-order valence-corrected chi connectivity index (χ3v) is 2.37. The Morgan fingerprint density at radius 3 is 2.50 bits per heavy atom. The van der Waals surface area contributed by atoms with Gasteiger partial charge in [-0.2, -0.15) is 0 Å². The first-order valence-corrected chi connectivity index (χ1v) is 4.10. The van der Waals surface area contributed by atoms with Crippen LogP contribution in [0.4, 0.5) is 8.78 Å². The highest BCUT2D eigenvalue weighted by Crippen LogP contribution is 2.27. The minimum atomic E-state index is -2.66. The summed E-state index contributed by atoms with van der Waals surface area (Å²) >= 11 is 1.01. The van der Waals surface area contributed by atoms with E-state index in [1.54, 1.807) is 6.92 Å². The fourth-order valence-corrected chi connectivity index (χ4v) is 1.67. The van der Waals surface area contributed by atoms with Crippen molar-refractivity contribution in [2.75, 3.05) is 0 Å². The van der Waals surface area contributed by atoms with Gasteiger partial charge in [-0.05, 0) is 6.92 Å². The van der Waals surface area contributed by atoms with E-state index in [4.69, 9.17) is 0 Å². The van der Waals surface area contributed by atoms with Crippen LogP contribution in [0.3, 0.4) is 0 Å². The zero-order chi connectivity index (χ0) is 9.30. The smallest absolute Gasteiger partial charge is 0.281 e. The number of aryl methyl sites for hydroxylation is 1. The second-order valence-corrected chi connectivity index (χ2v) is 3.51. The van der Waals surface area contributed by atoms with Crippen LogP contribution >= 0.6 is 11.3 Å². The van der Waals surface area contributed by atoms with Crippen LogP contribution in [0.15, 0.2) is 0 Å². The van der Waals surface area contributed by atoms with Crippen LogP contribution in [0, 0.1) is 6.92 Å². The first-order valence-electron chi connectivity index (χ1n) is 3.28. The first kappa shape index (κ1) is 9.25. The summed E-state index contributed by atoms with van der Waals surface area (Å²) in [5.74, 6) is -0.351. The summed E-state index contributed by atoms with van der Waals surface area (Å²) in [7, 11) is 0. The molecule has 0 bridgehead atoms. The predicted molar refractivity (Wildman–Crippen MR) is 41.8 cm³/mol. The van der Waals surface area contributed by atoms with Crippen molar-refractivity contribution in [2.24, 2.45) is 0 Å². The minimum Gasteiger partial charge on any atom is -0.294 e. The van der Waals surface area contributed by atoms with Gasteiger partial charge in [-0.25, -0.2) is 13.8 Å². The average Bonchev–Trinajstić information content (AvgIpc) is 2.31. The van der Waals surface area contributed by atoms with Crippen LogP contribution in [0.25, 0.3) is 0 Å². The molecule has 0 radical (unpaired) electrons. The zero-order valence-electron chi connectivity index (χ0n) is 6.60. The summed E-state index contributed by atoms with van der Waals surface area (Å²) in [4.78, 5) is 14.5. The van der Waals surface area contributed by atoms with E-state index >= 15 is 0 Å². The van der Waals surface area contributed by atoms with Crippen molar-refractivity contribution < 1.29 is 13.6 Å². The SMILES string of the molecule is CC(=O)c1sc(C)nc1C(F)F. The Morgan fingerprint density at radius 1 is 1.58 bits per heavy atom. The summed E-state index contributed by atoms with van der Waals surface area (Å²) in [6, 6.07) is 0. The molecule has 0 aliphatic rings. The van der Waals surface area contributed by atoms with Crippen molar-refractivity contribution in [1.82, 2.24) is 4.98 Å². The lowest BCUT2D eigenvalue weighted by Crippen LogP contribution is -1.95. The molecular weight excluding hydrogens is 184 g/mol. The van der Waals surface area contributed by atoms with Crippen molar-refractivity contribution in [3.05, 3.63) is 15.6 Å². The Labute approximate surface area is 72.2 Å². The summed E-state index contributed by atoms with van der Waals surface area (Å²) in [5, 5.41) is 0.496. The number of ketones is 1. The van der Waals surface area contributed by atoms with Gasteiger partial charge in [0.25, 0.3) is 6.43 Å². The first-order chi connectivity index (χ1) is 5.52. The molecule has 0 aliphatic heterocycles. The third-order valence-electron chi connectivity index (χ3n) is 1.29. The maximum atomic E-state index is 12.2. The van der Waals surface area contributed by atoms with E-state index in [0.29, 0.717) is 5.01 Å². The van der Waals surface area contributed by atoms with Crippen molar-refractivity contribution in [3.63, 3.8) is 0 Å². The zero-order valence-corrected chi connectivity index (χ0v) is 7.41. The van der Waals surface area contributed by atoms with Gasteiger partial charge >= 0.3 is 0 Å². The number of rotatable bonds is 2. The van der Waals surface area contributed by atoms with E-state index in [1.165, 1.54) is 6.92 Å². The molecule has 0 aliphatic carbocycles. The second kappa shape index (κ2) is 3.26. The number of Topliss-reactive ketones (excluding diaryl/α,β-unsaturated/α-hetero) is 1. The molecule has 0 amide bonds. The lowest BCUT2D eigenvalue weighted by atomic mass is 10.3. The number of carbonyl (C=O) groups is 1. The normalized spacial score (nSPS) is 10.8. The molecule has 0 saturated heterocycles. The Balaban J connectivity index is 3.17. The summed E-state index contributed by atoms with van der Waals surface area (Å²) in [6.45, 7) is 2.86. The molecule has 1 aromatic rings. The van der Waals surface area contributed by atoms with Crippen molar-refractivity contribution in [1.29, 1.82) is 0 Å². The molecule has 1 aromatic heterocycles. The molecular formula is C7H7F2NOS. The lowest BCUT2D eigenvalue weighted by molar-refractivity contribution is 0.100. The molecule has 1 rings (SSSR count). The molecule has 0 atom stereocenters. The van der Waals surface area contributed by atoms with Crippen LogP contribution < -0.4 is 0 Å². The highest BCUT2D eigenvalue weighted by molar-refractivity contribution is 7.13. The number of halogens is 2. The summed E-state index contributed by atoms with van der Waals surface area (Å²) in [5.41, 5.74) is -0.384. The van der Waals surface area contributed by atoms with Gasteiger partial charge in [0.2, 0.25) is 0 Å². The summed E-state index contributed by atoms with van der Waals surface area (Å²) < 4.78 is 24.4. The largest absolute Gasteiger partial charge is 0.294 e. The average molecular weight is 191 g/mol. The molecule has 0 N–H and O–H groups in total. The van der Waals surface area contributed by atoms with Gasteiger partial charge in [0.15, 0.2) is 5.78 Å². The number of alkyl halides is 2. The molecule has 2 nitrogen and oxygen atoms in total. The highest BCUT2D eigenvalue weighted by atomic mass is 32.1. The molecule has 0 fully saturated rings. The number of hydrogen-bond donors (Lipinski definition) is 0. The van der Waals surface area contributed by atoms with Crippen molar-refractivity contribution in [3.8, 4) is 0 Å². The molecule has 0 aromatic carbocycles.